The van der Waals surface area contributed by atoms with Crippen LogP contribution in [0.2, 0.25) is 10.2 Å². The van der Waals surface area contributed by atoms with Crippen molar-refractivity contribution in [3.63, 3.8) is 0 Å². The highest BCUT2D eigenvalue weighted by molar-refractivity contribution is 7.11. The molecule has 1 unspecified atom stereocenters. The lowest BCUT2D eigenvalue weighted by Gasteiger charge is -2.03. The van der Waals surface area contributed by atoms with E-state index in [0.29, 0.717) is 16.0 Å². The van der Waals surface area contributed by atoms with Crippen LogP contribution in [0.15, 0.2) is 28.0 Å². The Labute approximate surface area is 100 Å². The van der Waals surface area contributed by atoms with Gasteiger partial charge in [-0.2, -0.15) is 0 Å². The number of furan rings is 1. The molecule has 0 aromatic carbocycles. The van der Waals surface area contributed by atoms with Crippen molar-refractivity contribution in [3.8, 4) is 0 Å². The fraction of sp³-hybridized carbons (Fsp3) is 0.111. The highest BCUT2D eigenvalue weighted by Crippen LogP contribution is 2.38. The quantitative estimate of drug-likeness (QED) is 0.700. The zero-order valence-corrected chi connectivity index (χ0v) is 9.92. The first kappa shape index (κ1) is 10.4. The summed E-state index contributed by atoms with van der Waals surface area (Å²) in [5.74, 6) is 0.612. The summed E-state index contributed by atoms with van der Waals surface area (Å²) >= 11 is 19.3. The van der Waals surface area contributed by atoms with Gasteiger partial charge in [-0.1, -0.05) is 11.6 Å². The van der Waals surface area contributed by atoms with Crippen molar-refractivity contribution in [2.45, 2.75) is 5.38 Å². The zero-order valence-electron chi connectivity index (χ0n) is 6.84. The Morgan fingerprint density at radius 1 is 1.21 bits per heavy atom. The Bertz CT molecular complexity index is 435. The predicted octanol–water partition coefficient (Wildman–Crippen LogP) is 4.98. The molecule has 0 aliphatic rings. The highest BCUT2D eigenvalue weighted by atomic mass is 35.5. The van der Waals surface area contributed by atoms with Crippen molar-refractivity contribution >= 4 is 46.1 Å². The Hall–Kier alpha value is -0.150. The molecule has 0 aliphatic carbocycles. The van der Waals surface area contributed by atoms with E-state index in [1.165, 1.54) is 11.3 Å². The Balaban J connectivity index is 2.33. The Morgan fingerprint density at radius 2 is 2.00 bits per heavy atom. The van der Waals surface area contributed by atoms with Crippen LogP contribution >= 0.6 is 46.1 Å². The van der Waals surface area contributed by atoms with E-state index in [9.17, 15) is 0 Å². The normalized spacial score (nSPS) is 13.1. The molecule has 0 fully saturated rings. The van der Waals surface area contributed by atoms with E-state index in [2.05, 4.69) is 0 Å². The van der Waals surface area contributed by atoms with E-state index in [4.69, 9.17) is 39.2 Å². The van der Waals surface area contributed by atoms with Crippen LogP contribution in [-0.4, -0.2) is 0 Å². The minimum absolute atomic E-state index is 0.332. The molecule has 74 valence electrons. The molecule has 0 saturated heterocycles. The molecule has 2 heterocycles. The highest BCUT2D eigenvalue weighted by Gasteiger charge is 2.18. The van der Waals surface area contributed by atoms with Gasteiger partial charge in [-0.05, 0) is 35.2 Å². The monoisotopic (exact) mass is 266 g/mol. The fourth-order valence-corrected chi connectivity index (χ4v) is 2.82. The summed E-state index contributed by atoms with van der Waals surface area (Å²) in [5, 5.41) is 2.51. The minimum atomic E-state index is -0.366. The standard InChI is InChI=1S/C9H5Cl3OS/c10-5-3-4-14-9(5)8(12)6-1-2-7(11)13-6/h1-4,8H. The van der Waals surface area contributed by atoms with E-state index >= 15 is 0 Å². The lowest BCUT2D eigenvalue weighted by atomic mass is 10.3. The molecule has 1 atom stereocenters. The van der Waals surface area contributed by atoms with Crippen LogP contribution < -0.4 is 0 Å². The molecule has 1 nitrogen and oxygen atoms in total. The van der Waals surface area contributed by atoms with Crippen LogP contribution in [-0.2, 0) is 0 Å². The molecule has 5 heteroatoms. The second-order valence-electron chi connectivity index (χ2n) is 2.64. The lowest BCUT2D eigenvalue weighted by Crippen LogP contribution is -1.87. The van der Waals surface area contributed by atoms with Crippen molar-refractivity contribution in [3.05, 3.63) is 44.5 Å². The number of hydrogen-bond donors (Lipinski definition) is 0. The van der Waals surface area contributed by atoms with Crippen molar-refractivity contribution in [2.75, 3.05) is 0 Å². The smallest absolute Gasteiger partial charge is 0.193 e. The number of alkyl halides is 1. The van der Waals surface area contributed by atoms with Crippen LogP contribution in [0.5, 0.6) is 0 Å². The molecule has 2 rings (SSSR count). The van der Waals surface area contributed by atoms with Gasteiger partial charge in [0.15, 0.2) is 5.22 Å². The summed E-state index contributed by atoms with van der Waals surface area (Å²) in [7, 11) is 0. The van der Waals surface area contributed by atoms with E-state index in [1.807, 2.05) is 11.4 Å². The first-order valence-electron chi connectivity index (χ1n) is 3.80. The number of halogens is 3. The topological polar surface area (TPSA) is 13.1 Å². The maximum absolute atomic E-state index is 6.17. The first-order chi connectivity index (χ1) is 6.68. The molecular formula is C9H5Cl3OS. The largest absolute Gasteiger partial charge is 0.448 e. The molecule has 0 amide bonds. The average Bonchev–Trinajstić information content (AvgIpc) is 2.73. The summed E-state index contributed by atoms with van der Waals surface area (Å²) in [6, 6.07) is 5.21. The summed E-state index contributed by atoms with van der Waals surface area (Å²) in [4.78, 5) is 0.874. The molecule has 0 spiro atoms. The molecule has 0 saturated carbocycles. The molecule has 0 radical (unpaired) electrons. The number of thiophene rings is 1. The molecule has 0 N–H and O–H groups in total. The third kappa shape index (κ3) is 1.94. The van der Waals surface area contributed by atoms with E-state index in [0.717, 1.165) is 4.88 Å². The minimum Gasteiger partial charge on any atom is -0.448 e. The zero-order chi connectivity index (χ0) is 10.1. The van der Waals surface area contributed by atoms with Crippen molar-refractivity contribution in [2.24, 2.45) is 0 Å². The van der Waals surface area contributed by atoms with E-state index in [1.54, 1.807) is 12.1 Å². The van der Waals surface area contributed by atoms with Crippen LogP contribution in [0.3, 0.4) is 0 Å². The van der Waals surface area contributed by atoms with Crippen LogP contribution in [0.25, 0.3) is 0 Å². The molecule has 2 aromatic heterocycles. The second-order valence-corrected chi connectivity index (χ2v) is 4.80. The van der Waals surface area contributed by atoms with Gasteiger partial charge >= 0.3 is 0 Å². The second kappa shape index (κ2) is 4.15. The molecule has 2 aromatic rings. The van der Waals surface area contributed by atoms with Crippen molar-refractivity contribution < 1.29 is 4.42 Å². The summed E-state index contributed by atoms with van der Waals surface area (Å²) in [6.07, 6.45) is 0. The van der Waals surface area contributed by atoms with Gasteiger partial charge < -0.3 is 4.42 Å². The third-order valence-electron chi connectivity index (χ3n) is 1.72. The van der Waals surface area contributed by atoms with Crippen LogP contribution in [0.1, 0.15) is 16.0 Å². The average molecular weight is 268 g/mol. The molecule has 0 bridgehead atoms. The predicted molar refractivity (Wildman–Crippen MR) is 60.7 cm³/mol. The van der Waals surface area contributed by atoms with Crippen LogP contribution in [0, 0.1) is 0 Å². The van der Waals surface area contributed by atoms with E-state index in [-0.39, 0.29) is 5.38 Å². The van der Waals surface area contributed by atoms with Gasteiger partial charge in [-0.15, -0.1) is 22.9 Å². The fourth-order valence-electron chi connectivity index (χ4n) is 1.08. The first-order valence-corrected chi connectivity index (χ1v) is 5.88. The van der Waals surface area contributed by atoms with Gasteiger partial charge in [0.05, 0.1) is 5.02 Å². The Morgan fingerprint density at radius 3 is 2.50 bits per heavy atom. The van der Waals surface area contributed by atoms with Crippen molar-refractivity contribution in [1.29, 1.82) is 0 Å². The van der Waals surface area contributed by atoms with E-state index < -0.39 is 0 Å². The van der Waals surface area contributed by atoms with Gasteiger partial charge in [-0.25, -0.2) is 0 Å². The van der Waals surface area contributed by atoms with Crippen LogP contribution in [0.4, 0.5) is 0 Å². The Kier molecular flexibility index (Phi) is 3.07. The van der Waals surface area contributed by atoms with Gasteiger partial charge in [0.25, 0.3) is 0 Å². The molecule has 0 aliphatic heterocycles. The summed E-state index contributed by atoms with van der Waals surface area (Å²) in [5.41, 5.74) is 0. The van der Waals surface area contributed by atoms with Gasteiger partial charge in [0.2, 0.25) is 0 Å². The van der Waals surface area contributed by atoms with Gasteiger partial charge in [0.1, 0.15) is 11.1 Å². The molecular weight excluding hydrogens is 263 g/mol. The lowest BCUT2D eigenvalue weighted by molar-refractivity contribution is 0.519. The summed E-state index contributed by atoms with van der Waals surface area (Å²) < 4.78 is 5.21. The maximum Gasteiger partial charge on any atom is 0.193 e. The number of rotatable bonds is 2. The maximum atomic E-state index is 6.17. The summed E-state index contributed by atoms with van der Waals surface area (Å²) in [6.45, 7) is 0. The van der Waals surface area contributed by atoms with Gasteiger partial charge in [-0.3, -0.25) is 0 Å². The number of hydrogen-bond acceptors (Lipinski definition) is 2. The molecule has 14 heavy (non-hydrogen) atoms. The van der Waals surface area contributed by atoms with Crippen molar-refractivity contribution in [1.82, 2.24) is 0 Å². The van der Waals surface area contributed by atoms with Gasteiger partial charge in [0, 0.05) is 4.88 Å². The SMILES string of the molecule is Clc1ccc(C(Cl)c2sccc2Cl)o1. The third-order valence-corrected chi connectivity index (χ3v) is 3.91.